The van der Waals surface area contributed by atoms with E-state index in [2.05, 4.69) is 28.6 Å². The lowest BCUT2D eigenvalue weighted by Gasteiger charge is -2.28. The molecular formula is C23H36N4O5S. The van der Waals surface area contributed by atoms with Gasteiger partial charge in [0.05, 0.1) is 6.04 Å². The highest BCUT2D eigenvalue weighted by Crippen LogP contribution is 2.11. The topological polar surface area (TPSA) is 151 Å². The molecule has 0 saturated heterocycles. The van der Waals surface area contributed by atoms with E-state index in [1.807, 2.05) is 32.0 Å². The van der Waals surface area contributed by atoms with Crippen LogP contribution in [0.5, 0.6) is 0 Å². The third-order valence-corrected chi connectivity index (χ3v) is 5.87. The molecule has 0 bridgehead atoms. The van der Waals surface area contributed by atoms with Crippen LogP contribution in [0.3, 0.4) is 0 Å². The summed E-state index contributed by atoms with van der Waals surface area (Å²) in [5, 5.41) is 17.3. The van der Waals surface area contributed by atoms with Crippen molar-refractivity contribution < 1.29 is 24.3 Å². The number of carbonyl (C=O) groups excluding carboxylic acids is 3. The molecular weight excluding hydrogens is 444 g/mol. The van der Waals surface area contributed by atoms with Crippen molar-refractivity contribution in [3.63, 3.8) is 0 Å². The first-order chi connectivity index (χ1) is 15.5. The van der Waals surface area contributed by atoms with E-state index in [9.17, 15) is 24.3 Å². The van der Waals surface area contributed by atoms with Crippen LogP contribution in [0, 0.1) is 11.8 Å². The Morgan fingerprint density at radius 2 is 1.52 bits per heavy atom. The van der Waals surface area contributed by atoms with Crippen LogP contribution in [0.1, 0.15) is 39.7 Å². The maximum atomic E-state index is 13.2. The van der Waals surface area contributed by atoms with Gasteiger partial charge in [-0.1, -0.05) is 64.4 Å². The lowest BCUT2D eigenvalue weighted by molar-refractivity contribution is -0.143. The first kappa shape index (κ1) is 28.4. The summed E-state index contributed by atoms with van der Waals surface area (Å²) in [6.07, 6.45) is 0.749. The molecule has 0 heterocycles. The van der Waals surface area contributed by atoms with Crippen molar-refractivity contribution in [2.24, 2.45) is 17.6 Å². The molecule has 9 nitrogen and oxygen atoms in total. The van der Waals surface area contributed by atoms with Crippen molar-refractivity contribution in [2.75, 3.05) is 5.75 Å². The number of nitrogens with one attached hydrogen (secondary N) is 3. The van der Waals surface area contributed by atoms with Crippen LogP contribution in [0.2, 0.25) is 0 Å². The van der Waals surface area contributed by atoms with Gasteiger partial charge in [0, 0.05) is 12.2 Å². The molecule has 184 valence electrons. The molecule has 1 aromatic rings. The maximum Gasteiger partial charge on any atom is 0.326 e. The van der Waals surface area contributed by atoms with E-state index in [-0.39, 0.29) is 24.0 Å². The van der Waals surface area contributed by atoms with E-state index >= 15 is 0 Å². The van der Waals surface area contributed by atoms with Gasteiger partial charge in [0.2, 0.25) is 17.7 Å². The van der Waals surface area contributed by atoms with Crippen LogP contribution < -0.4 is 21.7 Å². The second-order valence-corrected chi connectivity index (χ2v) is 8.85. The number of carbonyl (C=O) groups is 4. The van der Waals surface area contributed by atoms with Gasteiger partial charge in [-0.25, -0.2) is 4.79 Å². The van der Waals surface area contributed by atoms with Crippen molar-refractivity contribution in [3.05, 3.63) is 35.9 Å². The zero-order valence-electron chi connectivity index (χ0n) is 19.6. The third-order valence-electron chi connectivity index (χ3n) is 5.47. The highest BCUT2D eigenvalue weighted by molar-refractivity contribution is 7.80. The molecule has 33 heavy (non-hydrogen) atoms. The number of aliphatic carboxylic acids is 1. The van der Waals surface area contributed by atoms with Gasteiger partial charge in [-0.2, -0.15) is 12.6 Å². The van der Waals surface area contributed by atoms with Crippen molar-refractivity contribution >= 4 is 36.3 Å². The molecule has 1 aromatic carbocycles. The average Bonchev–Trinajstić information content (AvgIpc) is 2.79. The van der Waals surface area contributed by atoms with E-state index in [4.69, 9.17) is 5.73 Å². The number of thiol groups is 1. The lowest BCUT2D eigenvalue weighted by Crippen LogP contribution is -2.59. The molecule has 0 aliphatic rings. The summed E-state index contributed by atoms with van der Waals surface area (Å²) >= 11 is 4.02. The Labute approximate surface area is 200 Å². The van der Waals surface area contributed by atoms with E-state index in [1.54, 1.807) is 26.0 Å². The van der Waals surface area contributed by atoms with Gasteiger partial charge in [-0.05, 0) is 17.4 Å². The fourth-order valence-electron chi connectivity index (χ4n) is 3.13. The molecule has 0 fully saturated rings. The molecule has 0 aromatic heterocycles. The Bertz CT molecular complexity index is 805. The van der Waals surface area contributed by atoms with Gasteiger partial charge in [-0.3, -0.25) is 14.4 Å². The number of amides is 3. The Morgan fingerprint density at radius 3 is 2.00 bits per heavy atom. The fraction of sp³-hybridized carbons (Fsp3) is 0.565. The average molecular weight is 481 g/mol. The second kappa shape index (κ2) is 13.8. The highest BCUT2D eigenvalue weighted by Gasteiger charge is 2.33. The second-order valence-electron chi connectivity index (χ2n) is 8.48. The number of carboxylic acids is 1. The van der Waals surface area contributed by atoms with Crippen LogP contribution in [0.15, 0.2) is 30.3 Å². The minimum atomic E-state index is -1.16. The zero-order valence-corrected chi connectivity index (χ0v) is 20.5. The molecule has 1 rings (SSSR count). The molecule has 6 N–H and O–H groups in total. The number of hydrogen-bond donors (Lipinski definition) is 6. The molecule has 0 spiro atoms. The van der Waals surface area contributed by atoms with Crippen molar-refractivity contribution in [1.29, 1.82) is 0 Å². The van der Waals surface area contributed by atoms with E-state index in [0.29, 0.717) is 6.42 Å². The molecule has 10 heteroatoms. The maximum absolute atomic E-state index is 13.2. The summed E-state index contributed by atoms with van der Waals surface area (Å²) in [5.41, 5.74) is 6.52. The van der Waals surface area contributed by atoms with E-state index in [1.165, 1.54) is 0 Å². The minimum Gasteiger partial charge on any atom is -0.480 e. The van der Waals surface area contributed by atoms with Crippen LogP contribution in [0.25, 0.3) is 0 Å². The number of rotatable bonds is 13. The summed E-state index contributed by atoms with van der Waals surface area (Å²) in [7, 11) is 0. The van der Waals surface area contributed by atoms with Crippen molar-refractivity contribution in [1.82, 2.24) is 16.0 Å². The standard InChI is InChI=1S/C23H36N4O5S/c1-5-14(4)19(27-20(28)16(24)12-33)22(30)25-17(11-15-9-7-6-8-10-15)21(29)26-18(13(2)3)23(31)32/h6-10,13-14,16-19,33H,5,11-12,24H2,1-4H3,(H,25,30)(H,26,29)(H,27,28)(H,31,32). The third kappa shape index (κ3) is 9.05. The number of benzene rings is 1. The Kier molecular flexibility index (Phi) is 11.9. The molecule has 5 unspecified atom stereocenters. The minimum absolute atomic E-state index is 0.117. The first-order valence-corrected chi connectivity index (χ1v) is 11.7. The molecule has 0 radical (unpaired) electrons. The first-order valence-electron chi connectivity index (χ1n) is 11.1. The predicted molar refractivity (Wildman–Crippen MR) is 130 cm³/mol. The van der Waals surface area contributed by atoms with Gasteiger partial charge in [0.15, 0.2) is 0 Å². The number of nitrogens with two attached hydrogens (primary N) is 1. The Hall–Kier alpha value is -2.59. The summed E-state index contributed by atoms with van der Waals surface area (Å²) < 4.78 is 0. The smallest absolute Gasteiger partial charge is 0.326 e. The Morgan fingerprint density at radius 1 is 0.939 bits per heavy atom. The molecule has 5 atom stereocenters. The normalized spacial score (nSPS) is 15.6. The monoisotopic (exact) mass is 480 g/mol. The Balaban J connectivity index is 3.14. The molecule has 0 aliphatic carbocycles. The SMILES string of the molecule is CCC(C)C(NC(=O)C(N)CS)C(=O)NC(Cc1ccccc1)C(=O)NC(C(=O)O)C(C)C. The number of hydrogen-bond acceptors (Lipinski definition) is 6. The summed E-state index contributed by atoms with van der Waals surface area (Å²) in [6, 6.07) is 5.12. The van der Waals surface area contributed by atoms with Crippen LogP contribution >= 0.6 is 12.6 Å². The van der Waals surface area contributed by atoms with Crippen LogP contribution in [-0.2, 0) is 25.6 Å². The fourth-order valence-corrected chi connectivity index (χ4v) is 3.30. The lowest BCUT2D eigenvalue weighted by atomic mass is 9.96. The van der Waals surface area contributed by atoms with Gasteiger partial charge >= 0.3 is 5.97 Å². The molecule has 0 saturated carbocycles. The van der Waals surface area contributed by atoms with Gasteiger partial charge in [-0.15, -0.1) is 0 Å². The highest BCUT2D eigenvalue weighted by atomic mass is 32.1. The van der Waals surface area contributed by atoms with E-state index < -0.39 is 47.9 Å². The molecule has 0 aliphatic heterocycles. The van der Waals surface area contributed by atoms with Crippen LogP contribution in [0.4, 0.5) is 0 Å². The quantitative estimate of drug-likeness (QED) is 0.229. The molecule has 3 amide bonds. The van der Waals surface area contributed by atoms with Gasteiger partial charge in [0.25, 0.3) is 0 Å². The van der Waals surface area contributed by atoms with Gasteiger partial charge in [0.1, 0.15) is 18.1 Å². The summed E-state index contributed by atoms with van der Waals surface area (Å²) in [4.78, 5) is 50.1. The van der Waals surface area contributed by atoms with E-state index in [0.717, 1.165) is 5.56 Å². The summed E-state index contributed by atoms with van der Waals surface area (Å²) in [5.74, 6) is -3.30. The zero-order chi connectivity index (χ0) is 25.1. The predicted octanol–water partition coefficient (Wildman–Crippen LogP) is 0.727. The van der Waals surface area contributed by atoms with Crippen LogP contribution in [-0.4, -0.2) is 58.7 Å². The summed E-state index contributed by atoms with van der Waals surface area (Å²) in [6.45, 7) is 7.05. The number of carboxylic acid groups (broad SMARTS) is 1. The van der Waals surface area contributed by atoms with Gasteiger partial charge < -0.3 is 26.8 Å². The largest absolute Gasteiger partial charge is 0.480 e. The van der Waals surface area contributed by atoms with Crippen molar-refractivity contribution in [2.45, 2.75) is 64.7 Å². The van der Waals surface area contributed by atoms with Crippen molar-refractivity contribution in [3.8, 4) is 0 Å².